The van der Waals surface area contributed by atoms with Crippen LogP contribution in [0.2, 0.25) is 0 Å². The van der Waals surface area contributed by atoms with Gasteiger partial charge < -0.3 is 8.83 Å². The minimum atomic E-state index is 0.748. The summed E-state index contributed by atoms with van der Waals surface area (Å²) in [5, 5.41) is 0. The van der Waals surface area contributed by atoms with Gasteiger partial charge in [0.25, 0.3) is 0 Å². The van der Waals surface area contributed by atoms with Crippen molar-refractivity contribution < 1.29 is 8.83 Å². The minimum Gasteiger partial charge on any atom is -0.472 e. The van der Waals surface area contributed by atoms with Gasteiger partial charge in [0.05, 0.1) is 29.9 Å². The van der Waals surface area contributed by atoms with Crippen LogP contribution in [0.25, 0.3) is 0 Å². The normalized spacial score (nSPS) is 10.0. The fourth-order valence-electron chi connectivity index (χ4n) is 0.954. The zero-order valence-corrected chi connectivity index (χ0v) is 7.01. The smallest absolute Gasteiger partial charge is 0.0989 e. The van der Waals surface area contributed by atoms with E-state index in [-0.39, 0.29) is 0 Å². The summed E-state index contributed by atoms with van der Waals surface area (Å²) in [7, 11) is 0. The lowest BCUT2D eigenvalue weighted by molar-refractivity contribution is 0.566. The molecule has 0 unspecified atom stereocenters. The van der Waals surface area contributed by atoms with Gasteiger partial charge in [-0.05, 0) is 12.1 Å². The first-order valence-corrected chi connectivity index (χ1v) is 3.88. The first kappa shape index (κ1) is 7.31. The van der Waals surface area contributed by atoms with E-state index in [9.17, 15) is 0 Å². The summed E-state index contributed by atoms with van der Waals surface area (Å²) in [4.78, 5) is 0.748. The van der Waals surface area contributed by atoms with Crippen LogP contribution in [0.15, 0.2) is 46.0 Å². The fraction of sp³-hybridized carbons (Fsp3) is 0. The summed E-state index contributed by atoms with van der Waals surface area (Å²) in [6.45, 7) is 0. The van der Waals surface area contributed by atoms with Gasteiger partial charge in [0.15, 0.2) is 0 Å². The van der Waals surface area contributed by atoms with Crippen molar-refractivity contribution in [2.24, 2.45) is 0 Å². The Morgan fingerprint density at radius 1 is 1.00 bits per heavy atom. The molecule has 2 rings (SSSR count). The summed E-state index contributed by atoms with van der Waals surface area (Å²) in [6, 6.07) is 3.66. The van der Waals surface area contributed by atoms with Crippen LogP contribution in [0.4, 0.5) is 0 Å². The quantitative estimate of drug-likeness (QED) is 0.522. The highest BCUT2D eigenvalue weighted by Gasteiger charge is 2.05. The maximum atomic E-state index is 5.17. The molecule has 2 heterocycles. The third-order valence-electron chi connectivity index (χ3n) is 1.57. The highest BCUT2D eigenvalue weighted by atomic mass is 32.1. The van der Waals surface area contributed by atoms with Gasteiger partial charge in [-0.3, -0.25) is 0 Å². The van der Waals surface area contributed by atoms with Gasteiger partial charge in [0, 0.05) is 11.1 Å². The maximum Gasteiger partial charge on any atom is 0.0989 e. The Bertz CT molecular complexity index is 323. The number of hydrogen-bond donors (Lipinski definition) is 0. The predicted octanol–water partition coefficient (Wildman–Crippen LogP) is 2.64. The van der Waals surface area contributed by atoms with E-state index in [1.807, 2.05) is 12.1 Å². The van der Waals surface area contributed by atoms with Crippen molar-refractivity contribution in [2.45, 2.75) is 0 Å². The number of rotatable bonds is 2. The molecule has 0 aliphatic heterocycles. The largest absolute Gasteiger partial charge is 0.472 e. The maximum absolute atomic E-state index is 5.17. The first-order valence-electron chi connectivity index (χ1n) is 3.47. The topological polar surface area (TPSA) is 26.3 Å². The molecular formula is C9H6O2S. The lowest BCUT2D eigenvalue weighted by Gasteiger charge is -1.92. The number of hydrogen-bond acceptors (Lipinski definition) is 3. The summed E-state index contributed by atoms with van der Waals surface area (Å²) < 4.78 is 9.83. The molecule has 0 spiro atoms. The van der Waals surface area contributed by atoms with Gasteiger partial charge in [-0.2, -0.15) is 0 Å². The molecule has 0 N–H and O–H groups in total. The minimum absolute atomic E-state index is 0.748. The second-order valence-electron chi connectivity index (χ2n) is 2.35. The Hall–Kier alpha value is -1.35. The van der Waals surface area contributed by atoms with Gasteiger partial charge in [-0.1, -0.05) is 12.2 Å². The summed E-state index contributed by atoms with van der Waals surface area (Å²) in [5.41, 5.74) is 1.82. The van der Waals surface area contributed by atoms with Crippen molar-refractivity contribution in [1.82, 2.24) is 0 Å². The summed E-state index contributed by atoms with van der Waals surface area (Å²) >= 11 is 5.17. The molecule has 0 saturated carbocycles. The predicted molar refractivity (Wildman–Crippen MR) is 48.2 cm³/mol. The Balaban J connectivity index is 2.34. The van der Waals surface area contributed by atoms with E-state index in [0.717, 1.165) is 16.0 Å². The van der Waals surface area contributed by atoms with Crippen LogP contribution in [0.1, 0.15) is 11.1 Å². The van der Waals surface area contributed by atoms with Gasteiger partial charge in [-0.15, -0.1) is 0 Å². The molecule has 0 aliphatic rings. The zero-order chi connectivity index (χ0) is 8.39. The average molecular weight is 178 g/mol. The van der Waals surface area contributed by atoms with Crippen molar-refractivity contribution in [2.75, 3.05) is 0 Å². The molecule has 0 saturated heterocycles. The highest BCUT2D eigenvalue weighted by molar-refractivity contribution is 7.81. The molecular weight excluding hydrogens is 172 g/mol. The van der Waals surface area contributed by atoms with E-state index in [2.05, 4.69) is 0 Å². The van der Waals surface area contributed by atoms with Crippen molar-refractivity contribution in [3.63, 3.8) is 0 Å². The SMILES string of the molecule is S=C(c1ccoc1)c1ccoc1. The molecule has 0 amide bonds. The summed E-state index contributed by atoms with van der Waals surface area (Å²) in [5.74, 6) is 0. The van der Waals surface area contributed by atoms with Crippen LogP contribution in [0.5, 0.6) is 0 Å². The second kappa shape index (κ2) is 2.95. The molecule has 12 heavy (non-hydrogen) atoms. The van der Waals surface area contributed by atoms with Crippen LogP contribution in [-0.2, 0) is 0 Å². The van der Waals surface area contributed by atoms with Gasteiger partial charge in [0.1, 0.15) is 0 Å². The number of thiocarbonyl (C=S) groups is 1. The van der Waals surface area contributed by atoms with Crippen LogP contribution in [0, 0.1) is 0 Å². The third-order valence-corrected chi connectivity index (χ3v) is 2.04. The molecule has 0 radical (unpaired) electrons. The molecule has 0 atom stereocenters. The van der Waals surface area contributed by atoms with Crippen molar-refractivity contribution in [1.29, 1.82) is 0 Å². The Morgan fingerprint density at radius 2 is 1.50 bits per heavy atom. The first-order chi connectivity index (χ1) is 5.88. The molecule has 0 aromatic carbocycles. The molecule has 0 aliphatic carbocycles. The summed E-state index contributed by atoms with van der Waals surface area (Å²) in [6.07, 6.45) is 6.44. The van der Waals surface area contributed by atoms with E-state index in [4.69, 9.17) is 21.1 Å². The highest BCUT2D eigenvalue weighted by Crippen LogP contribution is 2.11. The van der Waals surface area contributed by atoms with E-state index in [1.54, 1.807) is 25.1 Å². The lowest BCUT2D eigenvalue weighted by Crippen LogP contribution is -1.94. The van der Waals surface area contributed by atoms with Crippen molar-refractivity contribution in [3.05, 3.63) is 48.3 Å². The Morgan fingerprint density at radius 3 is 1.83 bits per heavy atom. The number of furan rings is 2. The molecule has 2 aromatic heterocycles. The van der Waals surface area contributed by atoms with Crippen LogP contribution < -0.4 is 0 Å². The molecule has 0 fully saturated rings. The molecule has 2 aromatic rings. The van der Waals surface area contributed by atoms with E-state index in [1.165, 1.54) is 0 Å². The molecule has 60 valence electrons. The third kappa shape index (κ3) is 1.19. The molecule has 0 bridgehead atoms. The monoisotopic (exact) mass is 178 g/mol. The van der Waals surface area contributed by atoms with E-state index in [0.29, 0.717) is 0 Å². The Kier molecular flexibility index (Phi) is 1.80. The standard InChI is InChI=1S/C9H6O2S/c12-9(7-1-3-10-5-7)8-2-4-11-6-8/h1-6H. The van der Waals surface area contributed by atoms with Crippen LogP contribution in [-0.4, -0.2) is 4.86 Å². The second-order valence-corrected chi connectivity index (χ2v) is 2.76. The van der Waals surface area contributed by atoms with Crippen molar-refractivity contribution >= 4 is 17.1 Å². The van der Waals surface area contributed by atoms with Gasteiger partial charge in [0.2, 0.25) is 0 Å². The van der Waals surface area contributed by atoms with Crippen molar-refractivity contribution in [3.8, 4) is 0 Å². The fourth-order valence-corrected chi connectivity index (χ4v) is 1.19. The van der Waals surface area contributed by atoms with E-state index < -0.39 is 0 Å². The zero-order valence-electron chi connectivity index (χ0n) is 6.19. The lowest BCUT2D eigenvalue weighted by atomic mass is 10.1. The van der Waals surface area contributed by atoms with Crippen LogP contribution >= 0.6 is 12.2 Å². The molecule has 2 nitrogen and oxygen atoms in total. The van der Waals surface area contributed by atoms with Crippen LogP contribution in [0.3, 0.4) is 0 Å². The van der Waals surface area contributed by atoms with Gasteiger partial charge >= 0.3 is 0 Å². The van der Waals surface area contributed by atoms with Gasteiger partial charge in [-0.25, -0.2) is 0 Å². The molecule has 3 heteroatoms. The van der Waals surface area contributed by atoms with E-state index >= 15 is 0 Å². The average Bonchev–Trinajstić information content (AvgIpc) is 2.77. The Labute approximate surface area is 74.8 Å².